The van der Waals surface area contributed by atoms with E-state index in [9.17, 15) is 4.79 Å². The third-order valence-corrected chi connectivity index (χ3v) is 2.30. The molecule has 0 aromatic carbocycles. The van der Waals surface area contributed by atoms with Crippen molar-refractivity contribution in [3.63, 3.8) is 0 Å². The van der Waals surface area contributed by atoms with Crippen molar-refractivity contribution in [2.75, 3.05) is 13.2 Å². The third-order valence-electron chi connectivity index (χ3n) is 2.30. The molecule has 0 saturated heterocycles. The first-order valence-electron chi connectivity index (χ1n) is 6.26. The first-order chi connectivity index (χ1) is 8.94. The molecule has 2 N–H and O–H groups in total. The summed E-state index contributed by atoms with van der Waals surface area (Å²) in [6.45, 7) is 6.78. The van der Waals surface area contributed by atoms with Crippen molar-refractivity contribution in [1.82, 2.24) is 10.3 Å². The molecule has 0 atom stereocenters. The Hall–Kier alpha value is -1.86. The van der Waals surface area contributed by atoms with E-state index in [0.29, 0.717) is 24.1 Å². The number of carbonyl (C=O) groups is 1. The monoisotopic (exact) mass is 260 g/mol. The van der Waals surface area contributed by atoms with Gasteiger partial charge in [-0.15, -0.1) is 0 Å². The van der Waals surface area contributed by atoms with Gasteiger partial charge in [0.1, 0.15) is 0 Å². The van der Waals surface area contributed by atoms with Crippen LogP contribution < -0.4 is 5.32 Å². The molecule has 0 fully saturated rings. The van der Waals surface area contributed by atoms with Crippen molar-refractivity contribution < 1.29 is 9.90 Å². The highest BCUT2D eigenvalue weighted by molar-refractivity contribution is 5.96. The average Bonchev–Trinajstić information content (AvgIpc) is 2.36. The van der Waals surface area contributed by atoms with Crippen molar-refractivity contribution in [3.05, 3.63) is 29.6 Å². The van der Waals surface area contributed by atoms with Crippen molar-refractivity contribution in [1.29, 1.82) is 0 Å². The lowest BCUT2D eigenvalue weighted by molar-refractivity contribution is 0.0939. The van der Waals surface area contributed by atoms with Crippen LogP contribution in [0.5, 0.6) is 0 Å². The van der Waals surface area contributed by atoms with Gasteiger partial charge >= 0.3 is 0 Å². The lowest BCUT2D eigenvalue weighted by Gasteiger charge is -2.18. The lowest BCUT2D eigenvalue weighted by Crippen LogP contribution is -2.32. The Balaban J connectivity index is 2.83. The summed E-state index contributed by atoms with van der Waals surface area (Å²) < 4.78 is 0. The Kier molecular flexibility index (Phi) is 5.53. The molecule has 0 spiro atoms. The van der Waals surface area contributed by atoms with Gasteiger partial charge in [-0.25, -0.2) is 0 Å². The van der Waals surface area contributed by atoms with Crippen molar-refractivity contribution in [3.8, 4) is 11.8 Å². The van der Waals surface area contributed by atoms with Gasteiger partial charge in [0.2, 0.25) is 0 Å². The summed E-state index contributed by atoms with van der Waals surface area (Å²) in [5.41, 5.74) is 1.14. The van der Waals surface area contributed by atoms with Gasteiger partial charge in [-0.1, -0.05) is 32.6 Å². The third kappa shape index (κ3) is 5.54. The summed E-state index contributed by atoms with van der Waals surface area (Å²) in [5.74, 6) is 5.51. The normalized spacial score (nSPS) is 10.5. The van der Waals surface area contributed by atoms with Crippen molar-refractivity contribution in [2.45, 2.75) is 27.2 Å². The van der Waals surface area contributed by atoms with Crippen LogP contribution in [0, 0.1) is 17.3 Å². The Morgan fingerprint density at radius 3 is 2.84 bits per heavy atom. The van der Waals surface area contributed by atoms with E-state index in [0.717, 1.165) is 0 Å². The largest absolute Gasteiger partial charge is 0.395 e. The number of nitrogens with zero attached hydrogens (tertiary/aromatic N) is 1. The van der Waals surface area contributed by atoms with E-state index in [2.05, 4.69) is 42.9 Å². The van der Waals surface area contributed by atoms with Gasteiger partial charge in [0, 0.05) is 25.4 Å². The van der Waals surface area contributed by atoms with Crippen molar-refractivity contribution in [2.24, 2.45) is 5.41 Å². The Bertz CT molecular complexity index is 493. The number of carbonyl (C=O) groups excluding carboxylic acids is 1. The second-order valence-electron chi connectivity index (χ2n) is 5.44. The zero-order chi connectivity index (χ0) is 14.3. The van der Waals surface area contributed by atoms with Crippen LogP contribution in [0.25, 0.3) is 0 Å². The van der Waals surface area contributed by atoms with E-state index in [4.69, 9.17) is 5.11 Å². The van der Waals surface area contributed by atoms with E-state index < -0.39 is 0 Å². The zero-order valence-electron chi connectivity index (χ0n) is 11.7. The van der Waals surface area contributed by atoms with Gasteiger partial charge in [0.05, 0.1) is 17.7 Å². The highest BCUT2D eigenvalue weighted by atomic mass is 16.2. The smallest absolute Gasteiger partial charge is 0.252 e. The van der Waals surface area contributed by atoms with Crippen LogP contribution in [0.15, 0.2) is 18.5 Å². The molecule has 1 amide bonds. The molecule has 0 aliphatic heterocycles. The van der Waals surface area contributed by atoms with Crippen LogP contribution in [0.3, 0.4) is 0 Å². The van der Waals surface area contributed by atoms with E-state index in [-0.39, 0.29) is 17.9 Å². The summed E-state index contributed by atoms with van der Waals surface area (Å²) in [7, 11) is 0. The molecule has 0 aliphatic carbocycles. The maximum Gasteiger partial charge on any atom is 0.252 e. The first kappa shape index (κ1) is 15.2. The van der Waals surface area contributed by atoms with Gasteiger partial charge in [-0.3, -0.25) is 9.78 Å². The number of hydrogen-bond donors (Lipinski definition) is 2. The minimum absolute atomic E-state index is 0.0127. The first-order valence-corrected chi connectivity index (χ1v) is 6.26. The SMILES string of the molecule is CC(C)(C)CNC(=O)c1ccncc1C#CCCO. The summed E-state index contributed by atoms with van der Waals surface area (Å²) in [6.07, 6.45) is 3.53. The summed E-state index contributed by atoms with van der Waals surface area (Å²) in [6, 6.07) is 1.65. The molecule has 1 aromatic rings. The number of nitrogens with one attached hydrogen (secondary N) is 1. The maximum absolute atomic E-state index is 12.1. The van der Waals surface area contributed by atoms with Gasteiger partial charge < -0.3 is 10.4 Å². The molecule has 1 rings (SSSR count). The highest BCUT2D eigenvalue weighted by Crippen LogP contribution is 2.12. The van der Waals surface area contributed by atoms with E-state index in [1.54, 1.807) is 18.5 Å². The number of rotatable bonds is 3. The fraction of sp³-hybridized carbons (Fsp3) is 0.467. The molecule has 4 heteroatoms. The van der Waals surface area contributed by atoms with Crippen LogP contribution in [-0.4, -0.2) is 29.1 Å². The average molecular weight is 260 g/mol. The topological polar surface area (TPSA) is 62.2 Å². The highest BCUT2D eigenvalue weighted by Gasteiger charge is 2.14. The fourth-order valence-electron chi connectivity index (χ4n) is 1.35. The van der Waals surface area contributed by atoms with Gasteiger partial charge in [0.25, 0.3) is 5.91 Å². The molecule has 1 heterocycles. The summed E-state index contributed by atoms with van der Waals surface area (Å²) in [5, 5.41) is 11.6. The molecule has 0 unspecified atom stereocenters. The number of amides is 1. The van der Waals surface area contributed by atoms with Gasteiger partial charge in [-0.2, -0.15) is 0 Å². The number of aliphatic hydroxyl groups excluding tert-OH is 1. The zero-order valence-corrected chi connectivity index (χ0v) is 11.7. The number of aromatic nitrogens is 1. The molecule has 4 nitrogen and oxygen atoms in total. The minimum atomic E-state index is -0.148. The second-order valence-corrected chi connectivity index (χ2v) is 5.44. The van der Waals surface area contributed by atoms with Gasteiger partial charge in [-0.05, 0) is 11.5 Å². The van der Waals surface area contributed by atoms with Crippen LogP contribution in [0.4, 0.5) is 0 Å². The second kappa shape index (κ2) is 6.91. The van der Waals surface area contributed by atoms with Crippen LogP contribution >= 0.6 is 0 Å². The Labute approximate surface area is 114 Å². The molecular weight excluding hydrogens is 240 g/mol. The lowest BCUT2D eigenvalue weighted by atomic mass is 9.97. The van der Waals surface area contributed by atoms with E-state index in [1.165, 1.54) is 0 Å². The summed E-state index contributed by atoms with van der Waals surface area (Å²) in [4.78, 5) is 16.1. The Morgan fingerprint density at radius 1 is 1.47 bits per heavy atom. The van der Waals surface area contributed by atoms with Gasteiger partial charge in [0.15, 0.2) is 0 Å². The molecule has 0 saturated carbocycles. The number of aliphatic hydroxyl groups is 1. The molecule has 0 radical (unpaired) electrons. The minimum Gasteiger partial charge on any atom is -0.395 e. The molecule has 0 bridgehead atoms. The number of hydrogen-bond acceptors (Lipinski definition) is 3. The van der Waals surface area contributed by atoms with Crippen LogP contribution in [0.2, 0.25) is 0 Å². The molecular formula is C15H20N2O2. The molecule has 0 aliphatic rings. The molecule has 19 heavy (non-hydrogen) atoms. The molecule has 102 valence electrons. The quantitative estimate of drug-likeness (QED) is 0.811. The predicted octanol–water partition coefficient (Wildman–Crippen LogP) is 1.59. The number of pyridine rings is 1. The maximum atomic E-state index is 12.1. The van der Waals surface area contributed by atoms with E-state index in [1.807, 2.05) is 0 Å². The predicted molar refractivity (Wildman–Crippen MR) is 74.6 cm³/mol. The van der Waals surface area contributed by atoms with E-state index >= 15 is 0 Å². The summed E-state index contributed by atoms with van der Waals surface area (Å²) >= 11 is 0. The Morgan fingerprint density at radius 2 is 2.21 bits per heavy atom. The van der Waals surface area contributed by atoms with Crippen LogP contribution in [0.1, 0.15) is 43.1 Å². The van der Waals surface area contributed by atoms with Crippen molar-refractivity contribution >= 4 is 5.91 Å². The molecule has 1 aromatic heterocycles. The fourth-order valence-corrected chi connectivity index (χ4v) is 1.35. The standard InChI is InChI=1S/C15H20N2O2/c1-15(2,3)11-17-14(19)13-7-8-16-10-12(13)6-4-5-9-18/h7-8,10,18H,5,9,11H2,1-3H3,(H,17,19). The van der Waals surface area contributed by atoms with Crippen LogP contribution in [-0.2, 0) is 0 Å².